The molecule has 90 valence electrons. The van der Waals surface area contributed by atoms with E-state index in [-0.39, 0.29) is 5.70 Å². The van der Waals surface area contributed by atoms with Crippen molar-refractivity contribution in [1.29, 1.82) is 0 Å². The molecule has 2 aromatic rings. The van der Waals surface area contributed by atoms with Crippen LogP contribution in [-0.2, 0) is 4.79 Å². The average molecular weight is 242 g/mol. The molecule has 0 aliphatic carbocycles. The molecule has 0 radical (unpaired) electrons. The van der Waals surface area contributed by atoms with Crippen molar-refractivity contribution in [1.82, 2.24) is 9.78 Å². The summed E-state index contributed by atoms with van der Waals surface area (Å²) in [5.41, 5.74) is 1.23. The van der Waals surface area contributed by atoms with Crippen molar-refractivity contribution in [3.05, 3.63) is 54.7 Å². The van der Waals surface area contributed by atoms with E-state index in [1.165, 1.54) is 6.20 Å². The second kappa shape index (κ2) is 5.53. The molecule has 0 unspecified atom stereocenters. The number of hydrogen-bond donors (Lipinski definition) is 1. The first kappa shape index (κ1) is 11.7. The maximum atomic E-state index is 10.4. The molecule has 0 aliphatic rings. The van der Waals surface area contributed by atoms with Crippen LogP contribution in [0, 0.1) is 0 Å². The number of allylic oxidation sites excluding steroid dienone is 1. The molecule has 0 aliphatic heterocycles. The number of hydrogen-bond acceptors (Lipinski definition) is 5. The molecule has 0 amide bonds. The number of rotatable bonds is 4. The Balaban J connectivity index is 2.19. The minimum Gasteiger partial charge on any atom is -0.513 e. The molecular weight excluding hydrogens is 232 g/mol. The lowest BCUT2D eigenvalue weighted by atomic mass is 10.3. The summed E-state index contributed by atoms with van der Waals surface area (Å²) in [7, 11) is 0. The average Bonchev–Trinajstić information content (AvgIpc) is 2.90. The third-order valence-electron chi connectivity index (χ3n) is 2.12. The van der Waals surface area contributed by atoms with Crippen molar-refractivity contribution in [3.8, 4) is 5.69 Å². The SMILES string of the molecule is O=C/C(=C/O)N=Nc1cnn(-c2ccccc2)c1. The van der Waals surface area contributed by atoms with Crippen molar-refractivity contribution < 1.29 is 9.90 Å². The molecule has 0 spiro atoms. The molecular formula is C12H10N4O2. The van der Waals surface area contributed by atoms with E-state index in [1.807, 2.05) is 30.3 Å². The van der Waals surface area contributed by atoms with Gasteiger partial charge in [-0.05, 0) is 12.1 Å². The zero-order chi connectivity index (χ0) is 12.8. The van der Waals surface area contributed by atoms with E-state index in [9.17, 15) is 4.79 Å². The Kier molecular flexibility index (Phi) is 3.60. The number of aromatic nitrogens is 2. The smallest absolute Gasteiger partial charge is 0.173 e. The summed E-state index contributed by atoms with van der Waals surface area (Å²) in [5, 5.41) is 20.1. The zero-order valence-corrected chi connectivity index (χ0v) is 9.34. The first-order valence-electron chi connectivity index (χ1n) is 5.15. The molecule has 1 N–H and O–H groups in total. The quantitative estimate of drug-likeness (QED) is 0.387. The highest BCUT2D eigenvalue weighted by atomic mass is 16.2. The van der Waals surface area contributed by atoms with Crippen molar-refractivity contribution in [3.63, 3.8) is 0 Å². The number of carbonyl (C=O) groups excluding carboxylic acids is 1. The minimum absolute atomic E-state index is 0.150. The van der Waals surface area contributed by atoms with E-state index in [4.69, 9.17) is 5.11 Å². The second-order valence-electron chi connectivity index (χ2n) is 3.35. The molecule has 1 heterocycles. The van der Waals surface area contributed by atoms with Crippen LogP contribution in [0.1, 0.15) is 0 Å². The van der Waals surface area contributed by atoms with Crippen LogP contribution in [0.3, 0.4) is 0 Å². The molecule has 1 aromatic heterocycles. The number of aliphatic hydroxyl groups excluding tert-OH is 1. The fourth-order valence-corrected chi connectivity index (χ4v) is 1.28. The lowest BCUT2D eigenvalue weighted by Gasteiger charge is -1.97. The fraction of sp³-hybridized carbons (Fsp3) is 0. The Morgan fingerprint density at radius 3 is 2.78 bits per heavy atom. The van der Waals surface area contributed by atoms with Crippen molar-refractivity contribution in [2.45, 2.75) is 0 Å². The molecule has 0 fully saturated rings. The van der Waals surface area contributed by atoms with Gasteiger partial charge in [-0.3, -0.25) is 4.79 Å². The number of aliphatic hydroxyl groups is 1. The highest BCUT2D eigenvalue weighted by molar-refractivity contribution is 5.71. The normalized spacial score (nSPS) is 11.9. The number of azo groups is 1. The Morgan fingerprint density at radius 2 is 2.11 bits per heavy atom. The Bertz CT molecular complexity index is 587. The van der Waals surface area contributed by atoms with Crippen LogP contribution in [0.2, 0.25) is 0 Å². The van der Waals surface area contributed by atoms with Gasteiger partial charge >= 0.3 is 0 Å². The highest BCUT2D eigenvalue weighted by Gasteiger charge is 1.99. The minimum atomic E-state index is -0.150. The third-order valence-corrected chi connectivity index (χ3v) is 2.12. The molecule has 0 saturated heterocycles. The summed E-state index contributed by atoms with van der Waals surface area (Å²) in [6.45, 7) is 0. The predicted octanol–water partition coefficient (Wildman–Crippen LogP) is 2.55. The van der Waals surface area contributed by atoms with Gasteiger partial charge in [0.25, 0.3) is 0 Å². The van der Waals surface area contributed by atoms with Gasteiger partial charge in [-0.25, -0.2) is 4.68 Å². The molecule has 0 atom stereocenters. The second-order valence-corrected chi connectivity index (χ2v) is 3.35. The summed E-state index contributed by atoms with van der Waals surface area (Å²) in [6, 6.07) is 9.52. The summed E-state index contributed by atoms with van der Waals surface area (Å²) in [5.74, 6) is 0. The van der Waals surface area contributed by atoms with E-state index in [2.05, 4.69) is 15.3 Å². The van der Waals surface area contributed by atoms with Crippen LogP contribution in [-0.4, -0.2) is 21.2 Å². The maximum absolute atomic E-state index is 10.4. The highest BCUT2D eigenvalue weighted by Crippen LogP contribution is 2.15. The maximum Gasteiger partial charge on any atom is 0.173 e. The summed E-state index contributed by atoms with van der Waals surface area (Å²) < 4.78 is 1.64. The van der Waals surface area contributed by atoms with E-state index >= 15 is 0 Å². The van der Waals surface area contributed by atoms with Crippen LogP contribution in [0.4, 0.5) is 5.69 Å². The van der Waals surface area contributed by atoms with Crippen LogP contribution in [0.15, 0.2) is 64.9 Å². The molecule has 18 heavy (non-hydrogen) atoms. The van der Waals surface area contributed by atoms with Gasteiger partial charge in [-0.1, -0.05) is 18.2 Å². The van der Waals surface area contributed by atoms with Crippen molar-refractivity contribution in [2.75, 3.05) is 0 Å². The summed E-state index contributed by atoms with van der Waals surface area (Å²) in [6.07, 6.45) is 4.18. The van der Waals surface area contributed by atoms with Crippen LogP contribution in [0.5, 0.6) is 0 Å². The van der Waals surface area contributed by atoms with Crippen LogP contribution in [0.25, 0.3) is 5.69 Å². The van der Waals surface area contributed by atoms with Crippen molar-refractivity contribution >= 4 is 12.0 Å². The first-order valence-corrected chi connectivity index (χ1v) is 5.15. The number of carbonyl (C=O) groups is 1. The van der Waals surface area contributed by atoms with E-state index in [0.717, 1.165) is 5.69 Å². The lowest BCUT2D eigenvalue weighted by Crippen LogP contribution is -1.92. The fourth-order valence-electron chi connectivity index (χ4n) is 1.28. The van der Waals surface area contributed by atoms with Gasteiger partial charge in [0.05, 0.1) is 18.1 Å². The number of aldehydes is 1. The molecule has 2 rings (SSSR count). The monoisotopic (exact) mass is 242 g/mol. The van der Waals surface area contributed by atoms with Gasteiger partial charge in [0.1, 0.15) is 11.9 Å². The van der Waals surface area contributed by atoms with Gasteiger partial charge in [-0.15, -0.1) is 10.2 Å². The number of para-hydroxylation sites is 1. The Hall–Kier alpha value is -2.76. The predicted molar refractivity (Wildman–Crippen MR) is 64.9 cm³/mol. The van der Waals surface area contributed by atoms with E-state index < -0.39 is 0 Å². The van der Waals surface area contributed by atoms with Gasteiger partial charge < -0.3 is 5.11 Å². The standard InChI is InChI=1S/C12H10N4O2/c17-8-11(9-18)15-14-10-6-13-16(7-10)12-4-2-1-3-5-12/h1-9,17H/b11-8-,15-14?. The summed E-state index contributed by atoms with van der Waals surface area (Å²) in [4.78, 5) is 10.4. The first-order chi connectivity index (χ1) is 8.83. The van der Waals surface area contributed by atoms with Gasteiger partial charge in [0, 0.05) is 0 Å². The largest absolute Gasteiger partial charge is 0.513 e. The third kappa shape index (κ3) is 2.67. The zero-order valence-electron chi connectivity index (χ0n) is 9.34. The molecule has 0 bridgehead atoms. The van der Waals surface area contributed by atoms with E-state index in [1.54, 1.807) is 10.9 Å². The number of nitrogens with zero attached hydrogens (tertiary/aromatic N) is 4. The topological polar surface area (TPSA) is 79.8 Å². The van der Waals surface area contributed by atoms with Gasteiger partial charge in [0.15, 0.2) is 12.0 Å². The molecule has 1 aromatic carbocycles. The van der Waals surface area contributed by atoms with Crippen LogP contribution < -0.4 is 0 Å². The summed E-state index contributed by atoms with van der Waals surface area (Å²) >= 11 is 0. The van der Waals surface area contributed by atoms with Gasteiger partial charge in [-0.2, -0.15) is 5.10 Å². The van der Waals surface area contributed by atoms with Crippen molar-refractivity contribution in [2.24, 2.45) is 10.2 Å². The Labute approximate surface area is 103 Å². The van der Waals surface area contributed by atoms with E-state index in [0.29, 0.717) is 18.2 Å². The number of benzene rings is 1. The molecule has 6 heteroatoms. The molecule has 6 nitrogen and oxygen atoms in total. The Morgan fingerprint density at radius 1 is 1.33 bits per heavy atom. The van der Waals surface area contributed by atoms with Gasteiger partial charge in [0.2, 0.25) is 0 Å². The lowest BCUT2D eigenvalue weighted by molar-refractivity contribution is -0.105. The van der Waals surface area contributed by atoms with Crippen LogP contribution >= 0.6 is 0 Å². The molecule has 0 saturated carbocycles.